The summed E-state index contributed by atoms with van der Waals surface area (Å²) in [6.07, 6.45) is 21.1. The van der Waals surface area contributed by atoms with Gasteiger partial charge in [0.1, 0.15) is 0 Å². The second kappa shape index (κ2) is 11.5. The van der Waals surface area contributed by atoms with Gasteiger partial charge < -0.3 is 0 Å². The van der Waals surface area contributed by atoms with Crippen LogP contribution in [0.3, 0.4) is 0 Å². The molecular formula is C31H40P2. The topological polar surface area (TPSA) is 0 Å². The molecule has 2 heteroatoms. The van der Waals surface area contributed by atoms with Gasteiger partial charge >= 0.3 is 0 Å². The van der Waals surface area contributed by atoms with Crippen LogP contribution in [-0.2, 0) is 0 Å². The highest BCUT2D eigenvalue weighted by atomic mass is 31.1. The Kier molecular flexibility index (Phi) is 8.18. The highest BCUT2D eigenvalue weighted by Gasteiger charge is 2.37. The standard InChI is InChI=1S/C31H40P2/c1-25(32(26-15-6-2-7-16-26)27-17-8-3-9-18-27)30-23-14-24-31(30)33(28-19-10-4-11-20-28)29-21-12-5-13-22-29/h4-5,10-14,19-22,24-27H,2-3,6-9,15-18,23H2,1H3. The highest BCUT2D eigenvalue weighted by molar-refractivity contribution is 7.77. The van der Waals surface area contributed by atoms with E-state index in [1.165, 1.54) is 81.2 Å². The minimum absolute atomic E-state index is 0.0541. The Bertz CT molecular complexity index is 876. The molecule has 1 unspecified atom stereocenters. The Morgan fingerprint density at radius 1 is 0.667 bits per heavy atom. The van der Waals surface area contributed by atoms with Crippen LogP contribution in [0.2, 0.25) is 0 Å². The molecule has 2 saturated carbocycles. The van der Waals surface area contributed by atoms with E-state index in [1.807, 2.05) is 0 Å². The first-order valence-corrected chi connectivity index (χ1v) is 16.3. The van der Waals surface area contributed by atoms with Gasteiger partial charge in [-0.05, 0) is 72.9 Å². The molecule has 0 N–H and O–H groups in total. The van der Waals surface area contributed by atoms with E-state index in [0.29, 0.717) is 0 Å². The van der Waals surface area contributed by atoms with Gasteiger partial charge in [-0.2, -0.15) is 0 Å². The molecule has 0 radical (unpaired) electrons. The maximum Gasteiger partial charge on any atom is -0.00101 e. The van der Waals surface area contributed by atoms with Gasteiger partial charge in [-0.15, -0.1) is 0 Å². The summed E-state index contributed by atoms with van der Waals surface area (Å²) in [6.45, 7) is 2.65. The van der Waals surface area contributed by atoms with E-state index in [1.54, 1.807) is 10.9 Å². The van der Waals surface area contributed by atoms with Crippen molar-refractivity contribution in [1.29, 1.82) is 0 Å². The zero-order chi connectivity index (χ0) is 22.5. The lowest BCUT2D eigenvalue weighted by molar-refractivity contribution is 0.482. The molecule has 1 atom stereocenters. The normalized spacial score (nSPS) is 21.3. The number of allylic oxidation sites excluding steroid dienone is 4. The maximum absolute atomic E-state index is 2.65. The molecule has 3 aliphatic carbocycles. The minimum atomic E-state index is -0.480. The molecule has 33 heavy (non-hydrogen) atoms. The largest absolute Gasteiger partial charge is 0.0932 e. The summed E-state index contributed by atoms with van der Waals surface area (Å²) in [5.41, 5.74) is 4.60. The Balaban J connectivity index is 1.54. The average molecular weight is 475 g/mol. The van der Waals surface area contributed by atoms with E-state index in [0.717, 1.165) is 17.0 Å². The molecule has 0 nitrogen and oxygen atoms in total. The summed E-state index contributed by atoms with van der Waals surface area (Å²) in [7, 11) is -0.426. The van der Waals surface area contributed by atoms with Crippen molar-refractivity contribution in [2.24, 2.45) is 0 Å². The van der Waals surface area contributed by atoms with E-state index in [-0.39, 0.29) is 7.92 Å². The molecule has 2 fully saturated rings. The first-order chi connectivity index (χ1) is 16.3. The van der Waals surface area contributed by atoms with Crippen molar-refractivity contribution in [3.8, 4) is 0 Å². The van der Waals surface area contributed by atoms with Gasteiger partial charge in [-0.1, -0.05) is 132 Å². The summed E-state index contributed by atoms with van der Waals surface area (Å²) in [5.74, 6) is 0. The molecule has 0 heterocycles. The van der Waals surface area contributed by atoms with E-state index in [9.17, 15) is 0 Å². The molecule has 0 aliphatic heterocycles. The number of rotatable bonds is 7. The SMILES string of the molecule is CC(C1=C(P(c2ccccc2)c2ccccc2)C=CC1)P(C1CCCCC1)C1CCCCC1. The van der Waals surface area contributed by atoms with E-state index >= 15 is 0 Å². The van der Waals surface area contributed by atoms with Crippen molar-refractivity contribution in [2.45, 2.75) is 94.5 Å². The fourth-order valence-electron chi connectivity index (χ4n) is 6.56. The lowest BCUT2D eigenvalue weighted by Gasteiger charge is -2.43. The summed E-state index contributed by atoms with van der Waals surface area (Å²) in [6, 6.07) is 22.7. The van der Waals surface area contributed by atoms with Crippen LogP contribution in [0.25, 0.3) is 0 Å². The monoisotopic (exact) mass is 474 g/mol. The van der Waals surface area contributed by atoms with Crippen LogP contribution in [0.5, 0.6) is 0 Å². The summed E-state index contributed by atoms with van der Waals surface area (Å²) >= 11 is 0. The molecule has 5 rings (SSSR count). The third-order valence-electron chi connectivity index (χ3n) is 8.16. The average Bonchev–Trinajstić information content (AvgIpc) is 3.36. The van der Waals surface area contributed by atoms with Crippen LogP contribution in [-0.4, -0.2) is 17.0 Å². The number of hydrogen-bond donors (Lipinski definition) is 0. The van der Waals surface area contributed by atoms with Gasteiger partial charge in [0, 0.05) is 0 Å². The molecule has 0 bridgehead atoms. The van der Waals surface area contributed by atoms with Gasteiger partial charge in [0.05, 0.1) is 0 Å². The molecule has 0 saturated heterocycles. The van der Waals surface area contributed by atoms with Gasteiger partial charge in [-0.25, -0.2) is 0 Å². The third kappa shape index (κ3) is 5.39. The molecule has 2 aromatic carbocycles. The minimum Gasteiger partial charge on any atom is -0.0932 e. The zero-order valence-electron chi connectivity index (χ0n) is 20.3. The first-order valence-electron chi connectivity index (χ1n) is 13.4. The second-order valence-electron chi connectivity index (χ2n) is 10.2. The molecule has 0 spiro atoms. The zero-order valence-corrected chi connectivity index (χ0v) is 22.1. The third-order valence-corrected chi connectivity index (χ3v) is 14.6. The Morgan fingerprint density at radius 2 is 1.15 bits per heavy atom. The fraction of sp³-hybridized carbons (Fsp3) is 0.484. The maximum atomic E-state index is 2.65. The van der Waals surface area contributed by atoms with Crippen LogP contribution >= 0.6 is 15.8 Å². The summed E-state index contributed by atoms with van der Waals surface area (Å²) in [5, 5.41) is 4.68. The number of hydrogen-bond acceptors (Lipinski definition) is 0. The van der Waals surface area contributed by atoms with Crippen molar-refractivity contribution in [3.63, 3.8) is 0 Å². The lowest BCUT2D eigenvalue weighted by Crippen LogP contribution is -2.27. The molecule has 0 amide bonds. The predicted molar refractivity (Wildman–Crippen MR) is 150 cm³/mol. The van der Waals surface area contributed by atoms with E-state index in [4.69, 9.17) is 0 Å². The van der Waals surface area contributed by atoms with Crippen molar-refractivity contribution in [3.05, 3.63) is 83.7 Å². The predicted octanol–water partition coefficient (Wildman–Crippen LogP) is 8.87. The van der Waals surface area contributed by atoms with Gasteiger partial charge in [0.25, 0.3) is 0 Å². The quantitative estimate of drug-likeness (QED) is 0.352. The van der Waals surface area contributed by atoms with E-state index < -0.39 is 7.92 Å². The highest BCUT2D eigenvalue weighted by Crippen LogP contribution is 2.63. The lowest BCUT2D eigenvalue weighted by atomic mass is 9.99. The fourth-order valence-corrected chi connectivity index (χ4v) is 13.7. The molecule has 174 valence electrons. The Morgan fingerprint density at radius 3 is 1.64 bits per heavy atom. The van der Waals surface area contributed by atoms with Gasteiger partial charge in [-0.3, -0.25) is 0 Å². The van der Waals surface area contributed by atoms with Crippen LogP contribution in [0.15, 0.2) is 83.7 Å². The molecule has 0 aromatic heterocycles. The Labute approximate surface area is 204 Å². The smallest absolute Gasteiger partial charge is 0.00101 e. The van der Waals surface area contributed by atoms with Crippen LogP contribution in [0, 0.1) is 0 Å². The van der Waals surface area contributed by atoms with Crippen molar-refractivity contribution >= 4 is 26.5 Å². The van der Waals surface area contributed by atoms with Gasteiger partial charge in [0.15, 0.2) is 0 Å². The van der Waals surface area contributed by atoms with E-state index in [2.05, 4.69) is 79.7 Å². The van der Waals surface area contributed by atoms with Crippen LogP contribution in [0.4, 0.5) is 0 Å². The Hall–Kier alpha value is -1.22. The molecular weight excluding hydrogens is 434 g/mol. The van der Waals surface area contributed by atoms with Crippen LogP contribution < -0.4 is 10.6 Å². The van der Waals surface area contributed by atoms with Crippen molar-refractivity contribution in [1.82, 2.24) is 0 Å². The molecule has 2 aromatic rings. The summed E-state index contributed by atoms with van der Waals surface area (Å²) < 4.78 is 0. The first kappa shape index (κ1) is 23.5. The summed E-state index contributed by atoms with van der Waals surface area (Å²) in [4.78, 5) is 0. The van der Waals surface area contributed by atoms with Crippen molar-refractivity contribution in [2.75, 3.05) is 0 Å². The van der Waals surface area contributed by atoms with Crippen LogP contribution in [0.1, 0.15) is 77.6 Å². The second-order valence-corrected chi connectivity index (χ2v) is 15.5. The van der Waals surface area contributed by atoms with Crippen molar-refractivity contribution < 1.29 is 0 Å². The van der Waals surface area contributed by atoms with Gasteiger partial charge in [0.2, 0.25) is 0 Å². The molecule has 3 aliphatic rings. The number of benzene rings is 2.